The zero-order chi connectivity index (χ0) is 13.9. The molecule has 5 heteroatoms. The molecule has 1 fully saturated rings. The second kappa shape index (κ2) is 5.27. The molecule has 1 aromatic carbocycles. The number of rotatable bonds is 5. The van der Waals surface area contributed by atoms with Crippen LogP contribution in [0.5, 0.6) is 0 Å². The molecule has 0 saturated heterocycles. The van der Waals surface area contributed by atoms with Crippen LogP contribution in [0.3, 0.4) is 0 Å². The van der Waals surface area contributed by atoms with Crippen LogP contribution in [0.15, 0.2) is 24.3 Å². The molecule has 19 heavy (non-hydrogen) atoms. The molecular formula is C14H16FN3O. The van der Waals surface area contributed by atoms with E-state index < -0.39 is 5.54 Å². The van der Waals surface area contributed by atoms with Crippen molar-refractivity contribution < 1.29 is 9.18 Å². The molecule has 1 aliphatic rings. The van der Waals surface area contributed by atoms with Gasteiger partial charge in [-0.2, -0.15) is 5.26 Å². The minimum Gasteiger partial charge on any atom is -0.376 e. The monoisotopic (exact) mass is 261 g/mol. The zero-order valence-corrected chi connectivity index (χ0v) is 10.7. The summed E-state index contributed by atoms with van der Waals surface area (Å²) in [6, 6.07) is 8.06. The minimum atomic E-state index is -0.791. The first-order valence-electron chi connectivity index (χ1n) is 6.25. The summed E-state index contributed by atoms with van der Waals surface area (Å²) in [4.78, 5) is 11.8. The van der Waals surface area contributed by atoms with E-state index >= 15 is 0 Å². The van der Waals surface area contributed by atoms with E-state index in [-0.39, 0.29) is 24.2 Å². The van der Waals surface area contributed by atoms with Gasteiger partial charge in [0.05, 0.1) is 12.6 Å². The summed E-state index contributed by atoms with van der Waals surface area (Å²) in [5.41, 5.74) is -0.249. The Morgan fingerprint density at radius 1 is 1.58 bits per heavy atom. The van der Waals surface area contributed by atoms with E-state index in [4.69, 9.17) is 5.26 Å². The fourth-order valence-corrected chi connectivity index (χ4v) is 2.00. The first-order chi connectivity index (χ1) is 9.03. The van der Waals surface area contributed by atoms with Gasteiger partial charge in [-0.3, -0.25) is 4.79 Å². The molecule has 2 N–H and O–H groups in total. The van der Waals surface area contributed by atoms with Gasteiger partial charge in [-0.05, 0) is 43.9 Å². The topological polar surface area (TPSA) is 64.9 Å². The van der Waals surface area contributed by atoms with Crippen LogP contribution in [-0.2, 0) is 4.79 Å². The number of carbonyl (C=O) groups is 1. The molecule has 0 heterocycles. The molecule has 1 aliphatic carbocycles. The fraction of sp³-hybridized carbons (Fsp3) is 0.429. The Morgan fingerprint density at radius 3 is 2.89 bits per heavy atom. The number of nitrogens with one attached hydrogen (secondary N) is 2. The number of hydrogen-bond acceptors (Lipinski definition) is 3. The molecule has 1 saturated carbocycles. The Hall–Kier alpha value is -2.09. The first kappa shape index (κ1) is 13.3. The number of hydrogen-bond donors (Lipinski definition) is 2. The summed E-state index contributed by atoms with van der Waals surface area (Å²) in [7, 11) is 0. The van der Waals surface area contributed by atoms with E-state index in [9.17, 15) is 9.18 Å². The van der Waals surface area contributed by atoms with E-state index in [1.165, 1.54) is 12.1 Å². The van der Waals surface area contributed by atoms with Crippen molar-refractivity contribution in [2.45, 2.75) is 25.3 Å². The quantitative estimate of drug-likeness (QED) is 0.852. The van der Waals surface area contributed by atoms with E-state index in [1.807, 2.05) is 0 Å². The average molecular weight is 261 g/mol. The van der Waals surface area contributed by atoms with Crippen molar-refractivity contribution in [2.75, 3.05) is 11.9 Å². The van der Waals surface area contributed by atoms with Crippen LogP contribution >= 0.6 is 0 Å². The van der Waals surface area contributed by atoms with Gasteiger partial charge in [0.1, 0.15) is 11.4 Å². The van der Waals surface area contributed by atoms with Crippen LogP contribution < -0.4 is 10.6 Å². The Balaban J connectivity index is 1.86. The van der Waals surface area contributed by atoms with Crippen molar-refractivity contribution in [3.63, 3.8) is 0 Å². The second-order valence-electron chi connectivity index (χ2n) is 5.00. The van der Waals surface area contributed by atoms with Crippen molar-refractivity contribution in [1.82, 2.24) is 5.32 Å². The highest BCUT2D eigenvalue weighted by Crippen LogP contribution is 2.39. The number of nitrogens with zero attached hydrogens (tertiary/aromatic N) is 1. The number of benzene rings is 1. The van der Waals surface area contributed by atoms with Crippen LogP contribution in [0.1, 0.15) is 19.8 Å². The summed E-state index contributed by atoms with van der Waals surface area (Å²) >= 11 is 0. The second-order valence-corrected chi connectivity index (χ2v) is 5.00. The predicted octanol–water partition coefficient (Wildman–Crippen LogP) is 2.05. The van der Waals surface area contributed by atoms with Crippen LogP contribution in [0.2, 0.25) is 0 Å². The largest absolute Gasteiger partial charge is 0.376 e. The third kappa shape index (κ3) is 3.44. The molecule has 1 amide bonds. The maximum Gasteiger partial charge on any atom is 0.240 e. The summed E-state index contributed by atoms with van der Waals surface area (Å²) in [6.45, 7) is 1.76. The number of nitriles is 1. The third-order valence-electron chi connectivity index (χ3n) is 3.30. The number of halogens is 1. The third-order valence-corrected chi connectivity index (χ3v) is 3.30. The molecule has 1 atom stereocenters. The van der Waals surface area contributed by atoms with Crippen molar-refractivity contribution in [3.05, 3.63) is 30.1 Å². The lowest BCUT2D eigenvalue weighted by Gasteiger charge is -2.23. The highest BCUT2D eigenvalue weighted by Gasteiger charge is 2.42. The van der Waals surface area contributed by atoms with Crippen molar-refractivity contribution in [2.24, 2.45) is 5.92 Å². The summed E-state index contributed by atoms with van der Waals surface area (Å²) in [6.07, 6.45) is 1.95. The van der Waals surface area contributed by atoms with Crippen molar-refractivity contribution in [1.29, 1.82) is 5.26 Å². The molecule has 2 rings (SSSR count). The van der Waals surface area contributed by atoms with E-state index in [1.54, 1.807) is 19.1 Å². The van der Waals surface area contributed by atoms with Crippen LogP contribution in [0.25, 0.3) is 0 Å². The molecule has 1 unspecified atom stereocenters. The normalized spacial score (nSPS) is 17.1. The standard InChI is InChI=1S/C14H16FN3O/c1-14(9-16,10-5-6-10)18-13(19)8-17-12-4-2-3-11(15)7-12/h2-4,7,10,17H,5-6,8H2,1H3,(H,18,19). The van der Waals surface area contributed by atoms with Crippen LogP contribution in [0.4, 0.5) is 10.1 Å². The van der Waals surface area contributed by atoms with Gasteiger partial charge in [-0.15, -0.1) is 0 Å². The highest BCUT2D eigenvalue weighted by molar-refractivity contribution is 5.81. The van der Waals surface area contributed by atoms with E-state index in [0.29, 0.717) is 5.69 Å². The maximum atomic E-state index is 12.9. The molecule has 1 aromatic rings. The lowest BCUT2D eigenvalue weighted by atomic mass is 9.98. The SMILES string of the molecule is CC(C#N)(NC(=O)CNc1cccc(F)c1)C1CC1. The van der Waals surface area contributed by atoms with Crippen LogP contribution in [0, 0.1) is 23.1 Å². The molecular weight excluding hydrogens is 245 g/mol. The maximum absolute atomic E-state index is 12.9. The molecule has 0 aliphatic heterocycles. The molecule has 0 aromatic heterocycles. The Morgan fingerprint density at radius 2 is 2.32 bits per heavy atom. The van der Waals surface area contributed by atoms with E-state index in [2.05, 4.69) is 16.7 Å². The van der Waals surface area contributed by atoms with Gasteiger partial charge in [0.2, 0.25) is 5.91 Å². The van der Waals surface area contributed by atoms with Gasteiger partial charge < -0.3 is 10.6 Å². The molecule has 4 nitrogen and oxygen atoms in total. The average Bonchev–Trinajstić information content (AvgIpc) is 3.21. The van der Waals surface area contributed by atoms with Crippen molar-refractivity contribution in [3.8, 4) is 6.07 Å². The van der Waals surface area contributed by atoms with Gasteiger partial charge in [0, 0.05) is 5.69 Å². The van der Waals surface area contributed by atoms with Crippen molar-refractivity contribution >= 4 is 11.6 Å². The van der Waals surface area contributed by atoms with Gasteiger partial charge in [-0.1, -0.05) is 6.07 Å². The zero-order valence-electron chi connectivity index (χ0n) is 10.7. The minimum absolute atomic E-state index is 0.0213. The van der Waals surface area contributed by atoms with Gasteiger partial charge in [0.25, 0.3) is 0 Å². The highest BCUT2D eigenvalue weighted by atomic mass is 19.1. The van der Waals surface area contributed by atoms with Crippen LogP contribution in [-0.4, -0.2) is 18.0 Å². The molecule has 100 valence electrons. The number of amides is 1. The summed E-state index contributed by atoms with van der Waals surface area (Å²) in [5, 5.41) is 14.7. The molecule has 0 spiro atoms. The van der Waals surface area contributed by atoms with E-state index in [0.717, 1.165) is 12.8 Å². The number of carbonyl (C=O) groups excluding carboxylic acids is 1. The molecule has 0 bridgehead atoms. The Labute approximate surface area is 111 Å². The Kier molecular flexibility index (Phi) is 3.70. The first-order valence-corrected chi connectivity index (χ1v) is 6.25. The van der Waals surface area contributed by atoms with Gasteiger partial charge >= 0.3 is 0 Å². The van der Waals surface area contributed by atoms with Gasteiger partial charge in [0.15, 0.2) is 0 Å². The number of anilines is 1. The predicted molar refractivity (Wildman–Crippen MR) is 69.8 cm³/mol. The van der Waals surface area contributed by atoms with Gasteiger partial charge in [-0.25, -0.2) is 4.39 Å². The lowest BCUT2D eigenvalue weighted by Crippen LogP contribution is -2.48. The smallest absolute Gasteiger partial charge is 0.240 e. The summed E-state index contributed by atoms with van der Waals surface area (Å²) in [5.74, 6) is -0.374. The fourth-order valence-electron chi connectivity index (χ4n) is 2.00. The summed E-state index contributed by atoms with van der Waals surface area (Å²) < 4.78 is 12.9. The molecule has 0 radical (unpaired) electrons. The Bertz CT molecular complexity index is 522. The lowest BCUT2D eigenvalue weighted by molar-refractivity contribution is -0.120.